The number of carbonyl (C=O) groups excluding carboxylic acids is 1. The third-order valence-electron chi connectivity index (χ3n) is 3.50. The fourth-order valence-electron chi connectivity index (χ4n) is 2.48. The van der Waals surface area contributed by atoms with Crippen LogP contribution in [0, 0.1) is 5.82 Å². The summed E-state index contributed by atoms with van der Waals surface area (Å²) in [6.45, 7) is 0.194. The van der Waals surface area contributed by atoms with Crippen LogP contribution < -0.4 is 10.6 Å². The molecule has 1 aromatic carbocycles. The van der Waals surface area contributed by atoms with Gasteiger partial charge in [-0.05, 0) is 31.0 Å². The van der Waals surface area contributed by atoms with Gasteiger partial charge in [0.1, 0.15) is 5.82 Å². The maximum absolute atomic E-state index is 13.0. The van der Waals surface area contributed by atoms with Crippen molar-refractivity contribution in [3.8, 4) is 0 Å². The van der Waals surface area contributed by atoms with E-state index in [0.717, 1.165) is 12.8 Å². The van der Waals surface area contributed by atoms with Gasteiger partial charge in [0.05, 0.1) is 6.54 Å². The van der Waals surface area contributed by atoms with Gasteiger partial charge in [0.25, 0.3) is 0 Å². The van der Waals surface area contributed by atoms with E-state index in [-0.39, 0.29) is 18.3 Å². The zero-order valence-electron chi connectivity index (χ0n) is 11.1. The highest BCUT2D eigenvalue weighted by Crippen LogP contribution is 2.17. The van der Waals surface area contributed by atoms with Crippen molar-refractivity contribution in [2.75, 3.05) is 11.9 Å². The minimum atomic E-state index is -0.297. The zero-order valence-corrected chi connectivity index (χ0v) is 11.1. The Morgan fingerprint density at radius 1 is 1.21 bits per heavy atom. The summed E-state index contributed by atoms with van der Waals surface area (Å²) in [7, 11) is 0. The molecule has 0 saturated heterocycles. The summed E-state index contributed by atoms with van der Waals surface area (Å²) >= 11 is 0. The molecule has 0 atom stereocenters. The SMILES string of the molecule is O=C(CNc1cccc(F)c1)NC1CCCCCC1. The Kier molecular flexibility index (Phi) is 5.19. The molecule has 1 aromatic rings. The number of nitrogens with one attached hydrogen (secondary N) is 2. The minimum absolute atomic E-state index is 0.0174. The second-order valence-electron chi connectivity index (χ2n) is 5.12. The maximum Gasteiger partial charge on any atom is 0.239 e. The number of halogens is 1. The first-order valence-electron chi connectivity index (χ1n) is 7.03. The van der Waals surface area contributed by atoms with E-state index in [1.807, 2.05) is 0 Å². The van der Waals surface area contributed by atoms with Crippen LogP contribution in [0.4, 0.5) is 10.1 Å². The van der Waals surface area contributed by atoms with Gasteiger partial charge < -0.3 is 10.6 Å². The van der Waals surface area contributed by atoms with E-state index in [0.29, 0.717) is 11.7 Å². The molecular weight excluding hydrogens is 243 g/mol. The molecule has 0 radical (unpaired) electrons. The lowest BCUT2D eigenvalue weighted by molar-refractivity contribution is -0.120. The molecule has 0 bridgehead atoms. The maximum atomic E-state index is 13.0. The van der Waals surface area contributed by atoms with Crippen molar-refractivity contribution in [2.45, 2.75) is 44.6 Å². The normalized spacial score (nSPS) is 16.7. The highest BCUT2D eigenvalue weighted by molar-refractivity contribution is 5.80. The highest BCUT2D eigenvalue weighted by atomic mass is 19.1. The lowest BCUT2D eigenvalue weighted by atomic mass is 10.1. The first-order chi connectivity index (χ1) is 9.24. The Morgan fingerprint density at radius 2 is 1.95 bits per heavy atom. The van der Waals surface area contributed by atoms with Gasteiger partial charge in [0.15, 0.2) is 0 Å². The van der Waals surface area contributed by atoms with Crippen molar-refractivity contribution in [2.24, 2.45) is 0 Å². The van der Waals surface area contributed by atoms with Gasteiger partial charge in [-0.1, -0.05) is 31.7 Å². The van der Waals surface area contributed by atoms with Crippen molar-refractivity contribution < 1.29 is 9.18 Å². The number of hydrogen-bond donors (Lipinski definition) is 2. The molecule has 0 aliphatic heterocycles. The fraction of sp³-hybridized carbons (Fsp3) is 0.533. The van der Waals surface area contributed by atoms with Crippen molar-refractivity contribution in [1.29, 1.82) is 0 Å². The standard InChI is InChI=1S/C15H21FN2O/c16-12-6-5-9-14(10-12)17-11-15(19)18-13-7-3-1-2-4-8-13/h5-6,9-10,13,17H,1-4,7-8,11H2,(H,18,19). The molecule has 1 saturated carbocycles. The summed E-state index contributed by atoms with van der Waals surface area (Å²) < 4.78 is 13.0. The van der Waals surface area contributed by atoms with Gasteiger partial charge in [-0.25, -0.2) is 4.39 Å². The van der Waals surface area contributed by atoms with Crippen molar-refractivity contribution in [3.63, 3.8) is 0 Å². The number of rotatable bonds is 4. The summed E-state index contributed by atoms with van der Waals surface area (Å²) in [6.07, 6.45) is 7.09. The average molecular weight is 264 g/mol. The topological polar surface area (TPSA) is 41.1 Å². The lowest BCUT2D eigenvalue weighted by Gasteiger charge is -2.16. The van der Waals surface area contributed by atoms with Crippen LogP contribution in [0.15, 0.2) is 24.3 Å². The smallest absolute Gasteiger partial charge is 0.239 e. The molecule has 19 heavy (non-hydrogen) atoms. The molecule has 1 aliphatic rings. The Morgan fingerprint density at radius 3 is 2.63 bits per heavy atom. The minimum Gasteiger partial charge on any atom is -0.376 e. The molecule has 4 heteroatoms. The first kappa shape index (κ1) is 13.8. The second-order valence-corrected chi connectivity index (χ2v) is 5.12. The fourth-order valence-corrected chi connectivity index (χ4v) is 2.48. The summed E-state index contributed by atoms with van der Waals surface area (Å²) in [5.74, 6) is -0.315. The van der Waals surface area contributed by atoms with E-state index in [9.17, 15) is 9.18 Å². The van der Waals surface area contributed by atoms with Crippen LogP contribution in [0.3, 0.4) is 0 Å². The predicted molar refractivity (Wildman–Crippen MR) is 74.5 cm³/mol. The van der Waals surface area contributed by atoms with Crippen LogP contribution in [0.25, 0.3) is 0 Å². The van der Waals surface area contributed by atoms with E-state index in [1.165, 1.54) is 37.8 Å². The molecule has 2 N–H and O–H groups in total. The van der Waals surface area contributed by atoms with Crippen molar-refractivity contribution in [1.82, 2.24) is 5.32 Å². The Hall–Kier alpha value is -1.58. The molecule has 1 amide bonds. The monoisotopic (exact) mass is 264 g/mol. The predicted octanol–water partition coefficient (Wildman–Crippen LogP) is 3.08. The summed E-state index contributed by atoms with van der Waals surface area (Å²) in [5, 5.41) is 5.99. The third-order valence-corrected chi connectivity index (χ3v) is 3.50. The molecule has 3 nitrogen and oxygen atoms in total. The molecule has 1 fully saturated rings. The number of carbonyl (C=O) groups is 1. The van der Waals surface area contributed by atoms with Crippen molar-refractivity contribution in [3.05, 3.63) is 30.1 Å². The van der Waals surface area contributed by atoms with Crippen molar-refractivity contribution >= 4 is 11.6 Å². The van der Waals surface area contributed by atoms with E-state index in [2.05, 4.69) is 10.6 Å². The highest BCUT2D eigenvalue weighted by Gasteiger charge is 2.14. The van der Waals surface area contributed by atoms with E-state index >= 15 is 0 Å². The average Bonchev–Trinajstić information content (AvgIpc) is 2.65. The Labute approximate surface area is 113 Å². The Balaban J connectivity index is 1.74. The number of anilines is 1. The summed E-state index contributed by atoms with van der Waals surface area (Å²) in [6, 6.07) is 6.46. The van der Waals surface area contributed by atoms with Crippen LogP contribution in [0.2, 0.25) is 0 Å². The Bertz CT molecular complexity index is 414. The molecule has 0 spiro atoms. The summed E-state index contributed by atoms with van der Waals surface area (Å²) in [5.41, 5.74) is 0.635. The largest absolute Gasteiger partial charge is 0.376 e. The molecule has 0 heterocycles. The molecule has 1 aliphatic carbocycles. The van der Waals surface area contributed by atoms with Gasteiger partial charge in [-0.2, -0.15) is 0 Å². The van der Waals surface area contributed by atoms with Crippen LogP contribution in [0.1, 0.15) is 38.5 Å². The van der Waals surface area contributed by atoms with Crippen LogP contribution in [0.5, 0.6) is 0 Å². The third kappa shape index (κ3) is 4.89. The summed E-state index contributed by atoms with van der Waals surface area (Å²) in [4.78, 5) is 11.8. The second kappa shape index (κ2) is 7.12. The molecule has 0 unspecified atom stereocenters. The van der Waals surface area contributed by atoms with Crippen LogP contribution >= 0.6 is 0 Å². The van der Waals surface area contributed by atoms with Gasteiger partial charge in [-0.15, -0.1) is 0 Å². The van der Waals surface area contributed by atoms with Gasteiger partial charge >= 0.3 is 0 Å². The van der Waals surface area contributed by atoms with E-state index in [1.54, 1.807) is 12.1 Å². The molecule has 0 aromatic heterocycles. The van der Waals surface area contributed by atoms with Gasteiger partial charge in [0, 0.05) is 11.7 Å². The van der Waals surface area contributed by atoms with Crippen LogP contribution in [-0.2, 0) is 4.79 Å². The van der Waals surface area contributed by atoms with Gasteiger partial charge in [-0.3, -0.25) is 4.79 Å². The first-order valence-corrected chi connectivity index (χ1v) is 7.03. The molecular formula is C15H21FN2O. The van der Waals surface area contributed by atoms with E-state index in [4.69, 9.17) is 0 Å². The molecule has 104 valence electrons. The van der Waals surface area contributed by atoms with Gasteiger partial charge in [0.2, 0.25) is 5.91 Å². The lowest BCUT2D eigenvalue weighted by Crippen LogP contribution is -2.38. The molecule has 2 rings (SSSR count). The van der Waals surface area contributed by atoms with E-state index < -0.39 is 0 Å². The van der Waals surface area contributed by atoms with Crippen LogP contribution in [-0.4, -0.2) is 18.5 Å². The number of benzene rings is 1. The number of hydrogen-bond acceptors (Lipinski definition) is 2. The number of amides is 1. The zero-order chi connectivity index (χ0) is 13.5. The quantitative estimate of drug-likeness (QED) is 0.821.